The molecule has 0 aliphatic rings. The summed E-state index contributed by atoms with van der Waals surface area (Å²) in [6.07, 6.45) is 3.87. The Morgan fingerprint density at radius 3 is 3.06 bits per heavy atom. The Morgan fingerprint density at radius 1 is 1.50 bits per heavy atom. The molecule has 0 aliphatic carbocycles. The van der Waals surface area contributed by atoms with E-state index in [-0.39, 0.29) is 0 Å². The van der Waals surface area contributed by atoms with Crippen LogP contribution in [0.25, 0.3) is 0 Å². The zero-order valence-electron chi connectivity index (χ0n) is 8.64. The van der Waals surface area contributed by atoms with E-state index in [9.17, 15) is 0 Å². The molecule has 16 heavy (non-hydrogen) atoms. The lowest BCUT2D eigenvalue weighted by Crippen LogP contribution is -2.07. The Labute approximate surface area is 101 Å². The summed E-state index contributed by atoms with van der Waals surface area (Å²) in [5.41, 5.74) is 0. The number of anilines is 1. The first-order valence-corrected chi connectivity index (χ1v) is 5.53. The number of aromatic nitrogens is 4. The summed E-state index contributed by atoms with van der Waals surface area (Å²) in [4.78, 5) is 12.1. The Morgan fingerprint density at radius 2 is 2.38 bits per heavy atom. The summed E-state index contributed by atoms with van der Waals surface area (Å²) in [6.45, 7) is 2.46. The van der Waals surface area contributed by atoms with Crippen molar-refractivity contribution < 1.29 is 4.52 Å². The van der Waals surface area contributed by atoms with E-state index < -0.39 is 0 Å². The van der Waals surface area contributed by atoms with Gasteiger partial charge in [-0.15, -0.1) is 0 Å². The maximum Gasteiger partial charge on any atom is 0.223 e. The first kappa shape index (κ1) is 11.0. The van der Waals surface area contributed by atoms with Crippen LogP contribution in [0.1, 0.15) is 11.7 Å². The molecular weight excluding hydrogens is 274 g/mol. The highest BCUT2D eigenvalue weighted by Gasteiger charge is 2.03. The van der Waals surface area contributed by atoms with Crippen LogP contribution in [-0.4, -0.2) is 26.7 Å². The van der Waals surface area contributed by atoms with Crippen molar-refractivity contribution in [2.75, 3.05) is 11.9 Å². The van der Waals surface area contributed by atoms with Crippen LogP contribution in [0.5, 0.6) is 0 Å². The summed E-state index contributed by atoms with van der Waals surface area (Å²) in [5, 5.41) is 6.95. The Balaban J connectivity index is 1.87. The monoisotopic (exact) mass is 283 g/mol. The van der Waals surface area contributed by atoms with Crippen molar-refractivity contribution in [1.29, 1.82) is 0 Å². The van der Waals surface area contributed by atoms with Crippen LogP contribution >= 0.6 is 15.9 Å². The van der Waals surface area contributed by atoms with Crippen LogP contribution in [0, 0.1) is 6.92 Å². The molecule has 1 N–H and O–H groups in total. The van der Waals surface area contributed by atoms with Crippen LogP contribution in [-0.2, 0) is 6.42 Å². The number of halogens is 1. The number of hydrogen-bond donors (Lipinski definition) is 1. The molecule has 0 spiro atoms. The lowest BCUT2D eigenvalue weighted by molar-refractivity contribution is 0.387. The highest BCUT2D eigenvalue weighted by atomic mass is 79.9. The molecule has 0 aromatic carbocycles. The van der Waals surface area contributed by atoms with Gasteiger partial charge in [-0.25, -0.2) is 9.97 Å². The fraction of sp³-hybridized carbons (Fsp3) is 0.333. The highest BCUT2D eigenvalue weighted by Crippen LogP contribution is 2.16. The predicted octanol–water partition coefficient (Wildman–Crippen LogP) is 1.59. The molecule has 0 radical (unpaired) electrons. The Hall–Kier alpha value is -1.50. The van der Waals surface area contributed by atoms with E-state index in [0.717, 1.165) is 10.3 Å². The van der Waals surface area contributed by atoms with E-state index in [1.54, 1.807) is 13.1 Å². The smallest absolute Gasteiger partial charge is 0.223 e. The van der Waals surface area contributed by atoms with E-state index in [1.165, 1.54) is 6.33 Å². The minimum Gasteiger partial charge on any atom is -0.369 e. The molecule has 2 aromatic rings. The van der Waals surface area contributed by atoms with Crippen molar-refractivity contribution in [2.24, 2.45) is 0 Å². The molecule has 84 valence electrons. The van der Waals surface area contributed by atoms with Crippen molar-refractivity contribution >= 4 is 21.7 Å². The highest BCUT2D eigenvalue weighted by molar-refractivity contribution is 9.10. The van der Waals surface area contributed by atoms with Gasteiger partial charge in [0.05, 0.1) is 4.47 Å². The number of rotatable bonds is 4. The molecular formula is C9H10BrN5O. The van der Waals surface area contributed by atoms with Crippen molar-refractivity contribution in [3.8, 4) is 0 Å². The average molecular weight is 284 g/mol. The lowest BCUT2D eigenvalue weighted by Gasteiger charge is -2.04. The fourth-order valence-corrected chi connectivity index (χ4v) is 1.54. The molecule has 2 heterocycles. The minimum atomic E-state index is 0.582. The van der Waals surface area contributed by atoms with Gasteiger partial charge in [-0.3, -0.25) is 0 Å². The normalized spacial score (nSPS) is 10.4. The number of nitrogens with one attached hydrogen (secondary N) is 1. The SMILES string of the molecule is Cc1nc(CCNc2ncncc2Br)no1. The lowest BCUT2D eigenvalue weighted by atomic mass is 10.4. The molecule has 2 aromatic heterocycles. The predicted molar refractivity (Wildman–Crippen MR) is 61.0 cm³/mol. The van der Waals surface area contributed by atoms with Crippen molar-refractivity contribution in [3.63, 3.8) is 0 Å². The van der Waals surface area contributed by atoms with Gasteiger partial charge < -0.3 is 9.84 Å². The third-order valence-corrected chi connectivity index (χ3v) is 2.46. The summed E-state index contributed by atoms with van der Waals surface area (Å²) < 4.78 is 5.70. The molecule has 0 fully saturated rings. The van der Waals surface area contributed by atoms with Crippen LogP contribution in [0.15, 0.2) is 21.5 Å². The standard InChI is InChI=1S/C9H10BrN5O/c1-6-14-8(15-16-6)2-3-12-9-7(10)4-11-5-13-9/h4-5H,2-3H2,1H3,(H,11,12,13). The van der Waals surface area contributed by atoms with Crippen molar-refractivity contribution in [3.05, 3.63) is 28.7 Å². The van der Waals surface area contributed by atoms with Crippen LogP contribution < -0.4 is 5.32 Å². The van der Waals surface area contributed by atoms with Gasteiger partial charge in [0.2, 0.25) is 5.89 Å². The van der Waals surface area contributed by atoms with Gasteiger partial charge in [0, 0.05) is 26.1 Å². The summed E-state index contributed by atoms with van der Waals surface area (Å²) >= 11 is 3.35. The third kappa shape index (κ3) is 2.75. The maximum atomic E-state index is 4.87. The maximum absolute atomic E-state index is 4.87. The second kappa shape index (κ2) is 5.02. The van der Waals surface area contributed by atoms with Crippen LogP contribution in [0.3, 0.4) is 0 Å². The van der Waals surface area contributed by atoms with E-state index in [4.69, 9.17) is 4.52 Å². The molecule has 0 amide bonds. The Bertz CT molecular complexity index is 472. The van der Waals surface area contributed by atoms with Gasteiger partial charge in [-0.2, -0.15) is 4.98 Å². The van der Waals surface area contributed by atoms with Crippen molar-refractivity contribution in [1.82, 2.24) is 20.1 Å². The first-order valence-electron chi connectivity index (χ1n) is 4.74. The van der Waals surface area contributed by atoms with Gasteiger partial charge in [0.1, 0.15) is 12.1 Å². The van der Waals surface area contributed by atoms with Gasteiger partial charge in [-0.1, -0.05) is 5.16 Å². The van der Waals surface area contributed by atoms with Gasteiger partial charge in [0.15, 0.2) is 5.82 Å². The van der Waals surface area contributed by atoms with Crippen molar-refractivity contribution in [2.45, 2.75) is 13.3 Å². The second-order valence-corrected chi connectivity index (χ2v) is 3.98. The number of aryl methyl sites for hydroxylation is 1. The minimum absolute atomic E-state index is 0.582. The molecule has 2 rings (SSSR count). The molecule has 0 aliphatic heterocycles. The number of nitrogens with zero attached hydrogens (tertiary/aromatic N) is 4. The van der Waals surface area contributed by atoms with Crippen LogP contribution in [0.4, 0.5) is 5.82 Å². The Kier molecular flexibility index (Phi) is 3.45. The molecule has 0 saturated carbocycles. The quantitative estimate of drug-likeness (QED) is 0.918. The summed E-state index contributed by atoms with van der Waals surface area (Å²) in [6, 6.07) is 0. The van der Waals surface area contributed by atoms with E-state index in [1.807, 2.05) is 0 Å². The van der Waals surface area contributed by atoms with Crippen LogP contribution in [0.2, 0.25) is 0 Å². The fourth-order valence-electron chi connectivity index (χ4n) is 1.18. The third-order valence-electron chi connectivity index (χ3n) is 1.88. The van der Waals surface area contributed by atoms with E-state index >= 15 is 0 Å². The zero-order chi connectivity index (χ0) is 11.4. The average Bonchev–Trinajstić information content (AvgIpc) is 2.67. The zero-order valence-corrected chi connectivity index (χ0v) is 10.2. The number of hydrogen-bond acceptors (Lipinski definition) is 6. The molecule has 7 heteroatoms. The molecule has 0 atom stereocenters. The van der Waals surface area contributed by atoms with Gasteiger partial charge >= 0.3 is 0 Å². The summed E-state index contributed by atoms with van der Waals surface area (Å²) in [7, 11) is 0. The molecule has 6 nitrogen and oxygen atoms in total. The largest absolute Gasteiger partial charge is 0.369 e. The van der Waals surface area contributed by atoms with E-state index in [0.29, 0.717) is 24.7 Å². The van der Waals surface area contributed by atoms with Gasteiger partial charge in [-0.05, 0) is 15.9 Å². The van der Waals surface area contributed by atoms with Gasteiger partial charge in [0.25, 0.3) is 0 Å². The molecule has 0 unspecified atom stereocenters. The summed E-state index contributed by atoms with van der Waals surface area (Å²) in [5.74, 6) is 2.03. The first-order chi connectivity index (χ1) is 7.75. The topological polar surface area (TPSA) is 76.7 Å². The second-order valence-electron chi connectivity index (χ2n) is 3.13. The molecule has 0 saturated heterocycles. The van der Waals surface area contributed by atoms with E-state index in [2.05, 4.69) is 41.4 Å². The molecule has 0 bridgehead atoms.